The fourth-order valence-corrected chi connectivity index (χ4v) is 5.42. The van der Waals surface area contributed by atoms with Crippen molar-refractivity contribution in [3.05, 3.63) is 29.8 Å². The highest BCUT2D eigenvalue weighted by molar-refractivity contribution is 7.91. The fraction of sp³-hybridized carbons (Fsp3) is 0.667. The maximum absolute atomic E-state index is 13.1. The van der Waals surface area contributed by atoms with E-state index in [1.807, 2.05) is 4.90 Å². The van der Waals surface area contributed by atoms with Crippen molar-refractivity contribution < 1.29 is 13.2 Å². The highest BCUT2D eigenvalue weighted by Crippen LogP contribution is 2.25. The summed E-state index contributed by atoms with van der Waals surface area (Å²) in [5.41, 5.74) is 0.320. The summed E-state index contributed by atoms with van der Waals surface area (Å²) in [4.78, 5) is 17.6. The van der Waals surface area contributed by atoms with Crippen LogP contribution in [0.2, 0.25) is 0 Å². The Morgan fingerprint density at radius 2 is 1.74 bits per heavy atom. The van der Waals surface area contributed by atoms with Crippen molar-refractivity contribution in [3.63, 3.8) is 0 Å². The Morgan fingerprint density at radius 3 is 2.48 bits per heavy atom. The van der Waals surface area contributed by atoms with Crippen molar-refractivity contribution in [2.45, 2.75) is 50.3 Å². The first-order chi connectivity index (χ1) is 13.0. The molecule has 0 spiro atoms. The second-order valence-electron chi connectivity index (χ2n) is 7.85. The molecule has 1 saturated carbocycles. The minimum absolute atomic E-state index is 0.00641. The van der Waals surface area contributed by atoms with Gasteiger partial charge in [-0.25, -0.2) is 8.42 Å². The van der Waals surface area contributed by atoms with Crippen molar-refractivity contribution in [1.29, 1.82) is 0 Å². The number of nitrogens with zero attached hydrogens (tertiary/aromatic N) is 2. The zero-order chi connectivity index (χ0) is 19.3. The van der Waals surface area contributed by atoms with Crippen LogP contribution in [0.5, 0.6) is 0 Å². The van der Waals surface area contributed by atoms with E-state index in [9.17, 15) is 13.2 Å². The van der Waals surface area contributed by atoms with E-state index in [4.69, 9.17) is 0 Å². The fourth-order valence-electron chi connectivity index (χ4n) is 4.33. The summed E-state index contributed by atoms with van der Waals surface area (Å²) >= 11 is 0. The van der Waals surface area contributed by atoms with Gasteiger partial charge >= 0.3 is 0 Å². The maximum Gasteiger partial charge on any atom is 0.255 e. The standard InChI is InChI=1S/C21H32N2O3S/c1-2-27(25,26)20-12-7-6-11-19(20)21(24)23-14-8-13-22(15-16-23)17-18-9-4-3-5-10-18/h6-7,11-12,18H,2-5,8-10,13-17H2,1H3. The van der Waals surface area contributed by atoms with Gasteiger partial charge < -0.3 is 9.80 Å². The molecule has 1 aromatic carbocycles. The molecule has 0 radical (unpaired) electrons. The molecule has 0 N–H and O–H groups in total. The third-order valence-corrected chi connectivity index (χ3v) is 7.74. The Kier molecular flexibility index (Phi) is 6.93. The molecule has 1 saturated heterocycles. The lowest BCUT2D eigenvalue weighted by Gasteiger charge is -2.29. The van der Waals surface area contributed by atoms with Gasteiger partial charge in [-0.1, -0.05) is 38.3 Å². The van der Waals surface area contributed by atoms with Crippen LogP contribution in [0.1, 0.15) is 55.8 Å². The summed E-state index contributed by atoms with van der Waals surface area (Å²) in [6.45, 7) is 6.03. The summed E-state index contributed by atoms with van der Waals surface area (Å²) in [5, 5.41) is 0. The van der Waals surface area contributed by atoms with Crippen LogP contribution in [0.25, 0.3) is 0 Å². The molecule has 0 atom stereocenters. The van der Waals surface area contributed by atoms with Gasteiger partial charge in [0.15, 0.2) is 9.84 Å². The molecule has 2 fully saturated rings. The van der Waals surface area contributed by atoms with Gasteiger partial charge in [0.2, 0.25) is 0 Å². The first kappa shape index (κ1) is 20.3. The van der Waals surface area contributed by atoms with Crippen molar-refractivity contribution in [3.8, 4) is 0 Å². The van der Waals surface area contributed by atoms with E-state index in [1.54, 1.807) is 31.2 Å². The van der Waals surface area contributed by atoms with Gasteiger partial charge in [0.05, 0.1) is 16.2 Å². The number of hydrogen-bond acceptors (Lipinski definition) is 4. The topological polar surface area (TPSA) is 57.7 Å². The quantitative estimate of drug-likeness (QED) is 0.772. The van der Waals surface area contributed by atoms with E-state index in [1.165, 1.54) is 32.1 Å². The molecule has 5 nitrogen and oxygen atoms in total. The second kappa shape index (κ2) is 9.20. The van der Waals surface area contributed by atoms with Crippen molar-refractivity contribution in [2.75, 3.05) is 38.5 Å². The van der Waals surface area contributed by atoms with Gasteiger partial charge in [-0.15, -0.1) is 0 Å². The minimum atomic E-state index is -3.41. The molecule has 3 rings (SSSR count). The molecule has 1 aliphatic heterocycles. The maximum atomic E-state index is 13.1. The van der Waals surface area contributed by atoms with Gasteiger partial charge in [0.1, 0.15) is 0 Å². The molecular formula is C21H32N2O3S. The molecule has 1 aliphatic carbocycles. The number of amides is 1. The van der Waals surface area contributed by atoms with Crippen LogP contribution >= 0.6 is 0 Å². The lowest BCUT2D eigenvalue weighted by atomic mass is 9.89. The van der Waals surface area contributed by atoms with Crippen molar-refractivity contribution in [1.82, 2.24) is 9.80 Å². The van der Waals surface area contributed by atoms with Crippen LogP contribution in [0.3, 0.4) is 0 Å². The predicted molar refractivity (Wildman–Crippen MR) is 108 cm³/mol. The summed E-state index contributed by atoms with van der Waals surface area (Å²) in [5.74, 6) is 0.658. The molecule has 0 bridgehead atoms. The lowest BCUT2D eigenvalue weighted by Crippen LogP contribution is -2.37. The molecule has 0 unspecified atom stereocenters. The Balaban J connectivity index is 1.66. The Labute approximate surface area is 163 Å². The third kappa shape index (κ3) is 5.11. The van der Waals surface area contributed by atoms with Crippen molar-refractivity contribution >= 4 is 15.7 Å². The van der Waals surface area contributed by atoms with E-state index < -0.39 is 9.84 Å². The third-order valence-electron chi connectivity index (χ3n) is 5.95. The molecule has 1 heterocycles. The van der Waals surface area contributed by atoms with Crippen LogP contribution in [-0.4, -0.2) is 62.6 Å². The average Bonchev–Trinajstić information content (AvgIpc) is 2.94. The van der Waals surface area contributed by atoms with E-state index in [2.05, 4.69) is 4.90 Å². The number of carbonyl (C=O) groups is 1. The molecule has 1 amide bonds. The largest absolute Gasteiger partial charge is 0.337 e. The van der Waals surface area contributed by atoms with Crippen molar-refractivity contribution in [2.24, 2.45) is 5.92 Å². The van der Waals surface area contributed by atoms with E-state index in [0.29, 0.717) is 18.7 Å². The average molecular weight is 393 g/mol. The van der Waals surface area contributed by atoms with Crippen LogP contribution < -0.4 is 0 Å². The zero-order valence-electron chi connectivity index (χ0n) is 16.4. The number of carbonyl (C=O) groups excluding carboxylic acids is 1. The van der Waals surface area contributed by atoms with E-state index in [-0.39, 0.29) is 16.6 Å². The summed E-state index contributed by atoms with van der Waals surface area (Å²) in [6, 6.07) is 6.64. The smallest absolute Gasteiger partial charge is 0.255 e. The van der Waals surface area contributed by atoms with E-state index in [0.717, 1.165) is 32.0 Å². The molecule has 1 aromatic rings. The Morgan fingerprint density at radius 1 is 1.00 bits per heavy atom. The molecule has 2 aliphatic rings. The molecule has 27 heavy (non-hydrogen) atoms. The van der Waals surface area contributed by atoms with Gasteiger partial charge in [0.25, 0.3) is 5.91 Å². The first-order valence-electron chi connectivity index (χ1n) is 10.3. The summed E-state index contributed by atoms with van der Waals surface area (Å²) in [7, 11) is -3.41. The summed E-state index contributed by atoms with van der Waals surface area (Å²) < 4.78 is 24.7. The SMILES string of the molecule is CCS(=O)(=O)c1ccccc1C(=O)N1CCCN(CC2CCCCC2)CC1. The zero-order valence-corrected chi connectivity index (χ0v) is 17.2. The first-order valence-corrected chi connectivity index (χ1v) is 12.0. The Bertz CT molecular complexity index is 742. The number of sulfone groups is 1. The lowest BCUT2D eigenvalue weighted by molar-refractivity contribution is 0.0756. The van der Waals surface area contributed by atoms with Gasteiger partial charge in [-0.3, -0.25) is 4.79 Å². The second-order valence-corrected chi connectivity index (χ2v) is 10.1. The summed E-state index contributed by atoms with van der Waals surface area (Å²) in [6.07, 6.45) is 7.69. The normalized spacial score (nSPS) is 20.4. The Hall–Kier alpha value is -1.40. The van der Waals surface area contributed by atoms with Gasteiger partial charge in [-0.2, -0.15) is 0 Å². The predicted octanol–water partition coefficient (Wildman–Crippen LogP) is 3.21. The minimum Gasteiger partial charge on any atom is -0.337 e. The highest BCUT2D eigenvalue weighted by atomic mass is 32.2. The molecule has 6 heteroatoms. The van der Waals surface area contributed by atoms with Gasteiger partial charge in [0, 0.05) is 26.2 Å². The van der Waals surface area contributed by atoms with Crippen LogP contribution in [0, 0.1) is 5.92 Å². The molecule has 150 valence electrons. The van der Waals surface area contributed by atoms with Crippen LogP contribution in [0.4, 0.5) is 0 Å². The molecule has 0 aromatic heterocycles. The monoisotopic (exact) mass is 392 g/mol. The highest BCUT2D eigenvalue weighted by Gasteiger charge is 2.26. The van der Waals surface area contributed by atoms with E-state index >= 15 is 0 Å². The van der Waals surface area contributed by atoms with Gasteiger partial charge in [-0.05, 0) is 43.9 Å². The number of hydrogen-bond donors (Lipinski definition) is 0. The number of rotatable bonds is 5. The number of benzene rings is 1. The van der Waals surface area contributed by atoms with Crippen LogP contribution in [0.15, 0.2) is 29.2 Å². The van der Waals surface area contributed by atoms with Crippen LogP contribution in [-0.2, 0) is 9.84 Å². The molecular weight excluding hydrogens is 360 g/mol.